The minimum absolute atomic E-state index is 0.00408. The Kier molecular flexibility index (Phi) is 7.60. The highest BCUT2D eigenvalue weighted by Crippen LogP contribution is 2.32. The van der Waals surface area contributed by atoms with Crippen molar-refractivity contribution in [3.63, 3.8) is 0 Å². The zero-order valence-corrected chi connectivity index (χ0v) is 18.3. The van der Waals surface area contributed by atoms with Gasteiger partial charge in [0.15, 0.2) is 0 Å². The van der Waals surface area contributed by atoms with Crippen LogP contribution in [0.25, 0.3) is 0 Å². The van der Waals surface area contributed by atoms with Gasteiger partial charge >= 0.3 is 0 Å². The Morgan fingerprint density at radius 1 is 1.19 bits per heavy atom. The summed E-state index contributed by atoms with van der Waals surface area (Å²) in [6, 6.07) is 5.33. The highest BCUT2D eigenvalue weighted by atomic mass is 32.2. The van der Waals surface area contributed by atoms with Crippen LogP contribution in [0.5, 0.6) is 0 Å². The van der Waals surface area contributed by atoms with Gasteiger partial charge in [0.1, 0.15) is 5.82 Å². The molecule has 0 amide bonds. The highest BCUT2D eigenvalue weighted by molar-refractivity contribution is 7.89. The zero-order chi connectivity index (χ0) is 20.2. The topological polar surface area (TPSA) is 77.8 Å². The second-order valence-electron chi connectivity index (χ2n) is 8.73. The molecule has 1 saturated carbocycles. The third kappa shape index (κ3) is 6.09. The molecule has 1 aliphatic carbocycles. The van der Waals surface area contributed by atoms with Gasteiger partial charge in [-0.3, -0.25) is 0 Å². The Balaban J connectivity index is 2.27. The molecule has 0 bridgehead atoms. The number of aliphatic hydroxyl groups is 2. The van der Waals surface area contributed by atoms with Crippen LogP contribution in [-0.4, -0.2) is 56.3 Å². The monoisotopic (exact) mass is 417 g/mol. The molecule has 0 saturated heterocycles. The fraction of sp³-hybridized carbons (Fsp3) is 0.684. The predicted octanol–water partition coefficient (Wildman–Crippen LogP) is 3.07. The van der Waals surface area contributed by atoms with Crippen molar-refractivity contribution in [2.24, 2.45) is 5.92 Å². The minimum Gasteiger partial charge on any atom is -0.396 e. The molecular weight excluding hydrogens is 385 g/mol. The van der Waals surface area contributed by atoms with Crippen LogP contribution >= 0.6 is 0 Å². The second-order valence-corrected chi connectivity index (χ2v) is 16.2. The lowest BCUT2D eigenvalue weighted by Gasteiger charge is -2.39. The minimum atomic E-state index is -3.83. The summed E-state index contributed by atoms with van der Waals surface area (Å²) in [4.78, 5) is 0.0494. The van der Waals surface area contributed by atoms with Crippen LogP contribution in [0.1, 0.15) is 25.7 Å². The molecule has 0 aromatic heterocycles. The second kappa shape index (κ2) is 9.13. The Morgan fingerprint density at radius 3 is 2.33 bits per heavy atom. The molecule has 0 aliphatic heterocycles. The van der Waals surface area contributed by atoms with E-state index in [0.29, 0.717) is 25.8 Å². The van der Waals surface area contributed by atoms with Gasteiger partial charge in [-0.1, -0.05) is 25.7 Å². The lowest BCUT2D eigenvalue weighted by molar-refractivity contribution is 0.0199. The first-order valence-electron chi connectivity index (χ1n) is 9.61. The molecule has 0 spiro atoms. The summed E-state index contributed by atoms with van der Waals surface area (Å²) >= 11 is 0. The van der Waals surface area contributed by atoms with E-state index in [4.69, 9.17) is 0 Å². The van der Waals surface area contributed by atoms with E-state index in [-0.39, 0.29) is 17.4 Å². The van der Waals surface area contributed by atoms with Gasteiger partial charge in [0, 0.05) is 21.2 Å². The predicted molar refractivity (Wildman–Crippen MR) is 107 cm³/mol. The van der Waals surface area contributed by atoms with Crippen molar-refractivity contribution in [1.82, 2.24) is 4.31 Å². The van der Waals surface area contributed by atoms with E-state index in [1.165, 1.54) is 16.4 Å². The van der Waals surface area contributed by atoms with Crippen molar-refractivity contribution in [3.8, 4) is 0 Å². The lowest BCUT2D eigenvalue weighted by atomic mass is 9.84. The molecule has 27 heavy (non-hydrogen) atoms. The molecule has 1 aromatic carbocycles. The van der Waals surface area contributed by atoms with Gasteiger partial charge in [-0.2, -0.15) is 4.31 Å². The van der Waals surface area contributed by atoms with Crippen LogP contribution in [0.15, 0.2) is 29.2 Å². The zero-order valence-electron chi connectivity index (χ0n) is 16.4. The molecule has 2 rings (SSSR count). The quantitative estimate of drug-likeness (QED) is 0.637. The largest absolute Gasteiger partial charge is 0.396 e. The molecule has 8 heteroatoms. The normalized spacial score (nSPS) is 24.3. The van der Waals surface area contributed by atoms with Gasteiger partial charge in [0.05, 0.1) is 17.0 Å². The van der Waals surface area contributed by atoms with E-state index in [9.17, 15) is 23.0 Å². The van der Waals surface area contributed by atoms with E-state index in [1.807, 2.05) is 0 Å². The maximum Gasteiger partial charge on any atom is 0.243 e. The summed E-state index contributed by atoms with van der Waals surface area (Å²) in [6.07, 6.45) is 1.52. The SMILES string of the molecule is C[Si](C)(C)CCCN(C1CCC(CO)CC1O)S(=O)(=O)c1ccc(F)cc1. The summed E-state index contributed by atoms with van der Waals surface area (Å²) in [5, 5.41) is 19.9. The van der Waals surface area contributed by atoms with Crippen molar-refractivity contribution < 1.29 is 23.0 Å². The van der Waals surface area contributed by atoms with Crippen LogP contribution in [0, 0.1) is 11.7 Å². The van der Waals surface area contributed by atoms with Gasteiger partial charge < -0.3 is 10.2 Å². The van der Waals surface area contributed by atoms with Crippen LogP contribution < -0.4 is 0 Å². The van der Waals surface area contributed by atoms with Crippen molar-refractivity contribution in [1.29, 1.82) is 0 Å². The van der Waals surface area contributed by atoms with Crippen LogP contribution in [0.3, 0.4) is 0 Å². The number of aliphatic hydroxyl groups excluding tert-OH is 2. The van der Waals surface area contributed by atoms with E-state index >= 15 is 0 Å². The Morgan fingerprint density at radius 2 is 1.81 bits per heavy atom. The van der Waals surface area contributed by atoms with Crippen molar-refractivity contribution in [2.45, 2.75) is 68.4 Å². The summed E-state index contributed by atoms with van der Waals surface area (Å²) < 4.78 is 41.2. The molecule has 154 valence electrons. The van der Waals surface area contributed by atoms with Crippen molar-refractivity contribution in [2.75, 3.05) is 13.2 Å². The molecular formula is C19H32FNO4SSi. The average molecular weight is 418 g/mol. The first-order valence-corrected chi connectivity index (χ1v) is 14.8. The summed E-state index contributed by atoms with van der Waals surface area (Å²) in [7, 11) is -5.15. The number of halogens is 1. The van der Waals surface area contributed by atoms with Gasteiger partial charge in [-0.25, -0.2) is 12.8 Å². The smallest absolute Gasteiger partial charge is 0.243 e. The Hall–Kier alpha value is -0.803. The Bertz CT molecular complexity index is 705. The van der Waals surface area contributed by atoms with Gasteiger partial charge in [0.2, 0.25) is 10.0 Å². The molecule has 5 nitrogen and oxygen atoms in total. The maximum absolute atomic E-state index is 13.2. The molecule has 1 aliphatic rings. The molecule has 1 fully saturated rings. The molecule has 0 radical (unpaired) electrons. The Labute approximate surface area is 163 Å². The van der Waals surface area contributed by atoms with Crippen LogP contribution in [-0.2, 0) is 10.0 Å². The number of hydrogen-bond donors (Lipinski definition) is 2. The third-order valence-electron chi connectivity index (χ3n) is 5.24. The standard InChI is InChI=1S/C19H32FNO4SSi/c1-27(2,3)12-4-11-21(18-10-5-15(14-22)13-19(18)23)26(24,25)17-8-6-16(20)7-9-17/h6-9,15,18-19,22-23H,4-5,10-14H2,1-3H3. The maximum atomic E-state index is 13.2. The van der Waals surface area contributed by atoms with E-state index in [1.54, 1.807) is 0 Å². The van der Waals surface area contributed by atoms with Crippen molar-refractivity contribution in [3.05, 3.63) is 30.1 Å². The van der Waals surface area contributed by atoms with E-state index in [2.05, 4.69) is 19.6 Å². The lowest BCUT2D eigenvalue weighted by Crippen LogP contribution is -2.50. The number of hydrogen-bond acceptors (Lipinski definition) is 4. The van der Waals surface area contributed by atoms with Crippen LogP contribution in [0.2, 0.25) is 25.7 Å². The number of rotatable bonds is 8. The van der Waals surface area contributed by atoms with Gasteiger partial charge in [0.25, 0.3) is 0 Å². The fourth-order valence-corrected chi connectivity index (χ4v) is 6.63. The number of nitrogens with zero attached hydrogens (tertiary/aromatic N) is 1. The average Bonchev–Trinajstić information content (AvgIpc) is 2.58. The van der Waals surface area contributed by atoms with Gasteiger partial charge in [-0.15, -0.1) is 0 Å². The first kappa shape index (κ1) is 22.5. The first-order chi connectivity index (χ1) is 12.5. The fourth-order valence-electron chi connectivity index (χ4n) is 3.69. The molecule has 1 aromatic rings. The van der Waals surface area contributed by atoms with Crippen LogP contribution in [0.4, 0.5) is 4.39 Å². The molecule has 3 atom stereocenters. The van der Waals surface area contributed by atoms with E-state index < -0.39 is 36.1 Å². The number of benzene rings is 1. The summed E-state index contributed by atoms with van der Waals surface area (Å²) in [5.41, 5.74) is 0. The summed E-state index contributed by atoms with van der Waals surface area (Å²) in [6.45, 7) is 7.08. The third-order valence-corrected chi connectivity index (χ3v) is 9.04. The van der Waals surface area contributed by atoms with Gasteiger partial charge in [-0.05, 0) is 55.9 Å². The molecule has 3 unspecified atom stereocenters. The van der Waals surface area contributed by atoms with E-state index in [0.717, 1.165) is 24.6 Å². The summed E-state index contributed by atoms with van der Waals surface area (Å²) in [5.74, 6) is -0.476. The van der Waals surface area contributed by atoms with Crippen molar-refractivity contribution >= 4 is 18.1 Å². The number of sulfonamides is 1. The molecule has 0 heterocycles. The highest BCUT2D eigenvalue weighted by Gasteiger charge is 2.39. The molecule has 2 N–H and O–H groups in total.